The molecule has 0 bridgehead atoms. The molecule has 0 amide bonds. The second kappa shape index (κ2) is 7.43. The van der Waals surface area contributed by atoms with Crippen molar-refractivity contribution in [3.8, 4) is 0 Å². The van der Waals surface area contributed by atoms with E-state index in [1.165, 1.54) is 0 Å². The van der Waals surface area contributed by atoms with E-state index in [9.17, 15) is 0 Å². The summed E-state index contributed by atoms with van der Waals surface area (Å²) in [6.07, 6.45) is 0. The fourth-order valence-electron chi connectivity index (χ4n) is 0.870. The Labute approximate surface area is 132 Å². The van der Waals surface area contributed by atoms with E-state index in [-0.39, 0.29) is 21.4 Å². The Morgan fingerprint density at radius 1 is 0.722 bits per heavy atom. The Hall–Kier alpha value is 1.41. The Balaban J connectivity index is 4.43. The van der Waals surface area contributed by atoms with E-state index in [0.717, 1.165) is 0 Å². The molecular weight excluding hydrogens is 301 g/mol. The second-order valence-corrected chi connectivity index (χ2v) is 10.6. The normalized spacial score (nSPS) is 13.3. The third kappa shape index (κ3) is 5.07. The van der Waals surface area contributed by atoms with Crippen molar-refractivity contribution in [2.24, 2.45) is 11.8 Å². The summed E-state index contributed by atoms with van der Waals surface area (Å²) in [5.41, 5.74) is 0. The van der Waals surface area contributed by atoms with Crippen LogP contribution in [-0.2, 0) is 0 Å². The zero-order valence-corrected chi connectivity index (χ0v) is 16.0. The maximum absolute atomic E-state index is 6.52. The quantitative estimate of drug-likeness (QED) is 0.377. The highest BCUT2D eigenvalue weighted by Crippen LogP contribution is 2.52. The van der Waals surface area contributed by atoms with Crippen LogP contribution in [0.3, 0.4) is 0 Å². The van der Waals surface area contributed by atoms with Gasteiger partial charge in [0, 0.05) is 0 Å². The lowest BCUT2D eigenvalue weighted by Gasteiger charge is -2.34. The summed E-state index contributed by atoms with van der Waals surface area (Å²) in [4.78, 5) is 0. The van der Waals surface area contributed by atoms with Gasteiger partial charge in [-0.3, -0.25) is 0 Å². The molecule has 6 heteroatoms. The van der Waals surface area contributed by atoms with Crippen molar-refractivity contribution in [2.45, 2.75) is 66.0 Å². The van der Waals surface area contributed by atoms with E-state index in [1.807, 2.05) is 0 Å². The molecule has 0 atom stereocenters. The molecule has 0 spiro atoms. The van der Waals surface area contributed by atoms with Crippen LogP contribution < -0.4 is 0 Å². The van der Waals surface area contributed by atoms with Crippen molar-refractivity contribution in [3.63, 3.8) is 0 Å². The molecule has 0 aromatic carbocycles. The van der Waals surface area contributed by atoms with E-state index >= 15 is 0 Å². The van der Waals surface area contributed by atoms with Crippen LogP contribution in [0, 0.1) is 11.8 Å². The molecule has 0 unspecified atom stereocenters. The topological polar surface area (TPSA) is 0 Å². The van der Waals surface area contributed by atoms with Crippen molar-refractivity contribution in [1.29, 1.82) is 0 Å². The molecule has 0 aliphatic rings. The molecule has 106 valence electrons. The molecule has 0 N–H and O–H groups in total. The van der Waals surface area contributed by atoms with Crippen LogP contribution in [-0.4, -0.2) is 10.8 Å². The van der Waals surface area contributed by atoms with Crippen LogP contribution in [0.25, 0.3) is 0 Å². The van der Waals surface area contributed by atoms with Gasteiger partial charge >= 0.3 is 10.8 Å². The first-order valence-corrected chi connectivity index (χ1v) is 9.69. The highest BCUT2D eigenvalue weighted by Gasteiger charge is 2.40. The summed E-state index contributed by atoms with van der Waals surface area (Å²) in [6.45, 7) is 17.8. The van der Waals surface area contributed by atoms with E-state index in [1.54, 1.807) is 21.3 Å². The highest BCUT2D eigenvalue weighted by molar-refractivity contribution is 8.96. The molecule has 0 aromatic rings. The van der Waals surface area contributed by atoms with Crippen molar-refractivity contribution in [3.05, 3.63) is 0 Å². The number of hydrogen-bond donors (Lipinski definition) is 0. The summed E-state index contributed by atoms with van der Waals surface area (Å²) in [5, 5.41) is 0.369. The van der Waals surface area contributed by atoms with Crippen LogP contribution in [0.2, 0.25) is 10.6 Å². The van der Waals surface area contributed by atoms with Gasteiger partial charge in [0.15, 0.2) is 0 Å². The van der Waals surface area contributed by atoms with Gasteiger partial charge in [-0.1, -0.05) is 55.4 Å². The largest absolute Gasteiger partial charge is 0.330 e. The molecule has 0 fully saturated rings. The van der Waals surface area contributed by atoms with Gasteiger partial charge in [0.1, 0.15) is 0 Å². The third-order valence-corrected chi connectivity index (χ3v) is 9.82. The van der Waals surface area contributed by atoms with Crippen LogP contribution in [0.1, 0.15) is 55.4 Å². The SMILES string of the molecule is CC(C)C(C)(C)B(Cl)SSB(Cl)C(C)(C)C(C)C. The molecule has 0 aromatic heterocycles. The first kappa shape index (κ1) is 19.4. The number of hydrogen-bond acceptors (Lipinski definition) is 2. The zero-order valence-electron chi connectivity index (χ0n) is 12.9. The monoisotopic (exact) mass is 326 g/mol. The smallest absolute Gasteiger partial charge is 0.178 e. The van der Waals surface area contributed by atoms with Crippen molar-refractivity contribution in [2.75, 3.05) is 0 Å². The average molecular weight is 327 g/mol. The maximum atomic E-state index is 6.52. The van der Waals surface area contributed by atoms with Crippen molar-refractivity contribution in [1.82, 2.24) is 0 Å². The fraction of sp³-hybridized carbons (Fsp3) is 1.00. The summed E-state index contributed by atoms with van der Waals surface area (Å²) in [5.74, 6) is 1.11. The van der Waals surface area contributed by atoms with E-state index in [2.05, 4.69) is 55.4 Å². The van der Waals surface area contributed by atoms with Gasteiger partial charge in [-0.15, -0.1) is 21.3 Å². The van der Waals surface area contributed by atoms with Gasteiger partial charge in [0.05, 0.1) is 0 Å². The molecular formula is C12H26B2Cl2S2. The van der Waals surface area contributed by atoms with Gasteiger partial charge in [0.25, 0.3) is 0 Å². The van der Waals surface area contributed by atoms with E-state index in [0.29, 0.717) is 11.8 Å². The van der Waals surface area contributed by atoms with Crippen LogP contribution in [0.15, 0.2) is 0 Å². The van der Waals surface area contributed by atoms with Gasteiger partial charge < -0.3 is 0 Å². The Bertz CT molecular complexity index is 232. The summed E-state index contributed by atoms with van der Waals surface area (Å²) < 4.78 is 0. The Morgan fingerprint density at radius 2 is 0.944 bits per heavy atom. The van der Waals surface area contributed by atoms with Gasteiger partial charge in [-0.05, 0) is 22.5 Å². The minimum atomic E-state index is 0.0757. The molecule has 0 radical (unpaired) electrons. The van der Waals surface area contributed by atoms with Gasteiger partial charge in [-0.2, -0.15) is 22.9 Å². The second-order valence-electron chi connectivity index (χ2n) is 6.78. The molecule has 0 aliphatic heterocycles. The number of rotatable bonds is 7. The minimum absolute atomic E-state index is 0.0757. The van der Waals surface area contributed by atoms with Crippen LogP contribution in [0.5, 0.6) is 0 Å². The molecule has 18 heavy (non-hydrogen) atoms. The number of halogens is 2. The van der Waals surface area contributed by atoms with Gasteiger partial charge in [0.2, 0.25) is 0 Å². The minimum Gasteiger partial charge on any atom is -0.178 e. The Morgan fingerprint density at radius 3 is 1.11 bits per heavy atom. The van der Waals surface area contributed by atoms with Crippen molar-refractivity contribution >= 4 is 55.0 Å². The first-order chi connectivity index (χ1) is 7.94. The van der Waals surface area contributed by atoms with E-state index in [4.69, 9.17) is 22.9 Å². The summed E-state index contributed by atoms with van der Waals surface area (Å²) >= 11 is 13.0. The predicted octanol–water partition coefficient (Wildman–Crippen LogP) is 6.69. The predicted molar refractivity (Wildman–Crippen MR) is 96.2 cm³/mol. The first-order valence-electron chi connectivity index (χ1n) is 6.54. The van der Waals surface area contributed by atoms with Crippen LogP contribution >= 0.6 is 44.2 Å². The summed E-state index contributed by atoms with van der Waals surface area (Å²) in [7, 11) is 3.43. The van der Waals surface area contributed by atoms with Crippen molar-refractivity contribution < 1.29 is 0 Å². The average Bonchev–Trinajstić information content (AvgIpc) is 2.24. The molecule has 0 nitrogen and oxygen atoms in total. The standard InChI is InChI=1S/C12H26B2Cl2S2/c1-9(2)11(5,6)13(15)17-18-14(16)12(7,8)10(3)4/h9-10H,1-8H3. The fourth-order valence-corrected chi connectivity index (χ4v) is 5.44. The van der Waals surface area contributed by atoms with E-state index < -0.39 is 0 Å². The van der Waals surface area contributed by atoms with Gasteiger partial charge in [-0.25, -0.2) is 0 Å². The lowest BCUT2D eigenvalue weighted by Crippen LogP contribution is -2.27. The third-order valence-electron chi connectivity index (χ3n) is 4.37. The molecule has 0 heterocycles. The highest BCUT2D eigenvalue weighted by atomic mass is 35.5. The molecule has 0 saturated carbocycles. The molecule has 0 aliphatic carbocycles. The molecule has 0 rings (SSSR count). The lowest BCUT2D eigenvalue weighted by atomic mass is 9.62. The Kier molecular flexibility index (Phi) is 8.01. The maximum Gasteiger partial charge on any atom is 0.330 e. The zero-order chi connectivity index (χ0) is 14.7. The molecule has 0 saturated heterocycles. The lowest BCUT2D eigenvalue weighted by molar-refractivity contribution is 0.476. The van der Waals surface area contributed by atoms with Crippen LogP contribution in [0.4, 0.5) is 0 Å². The summed E-state index contributed by atoms with van der Waals surface area (Å²) in [6, 6.07) is 0.